The molecule has 0 aliphatic rings. The van der Waals surface area contributed by atoms with E-state index in [2.05, 4.69) is 50.4 Å². The minimum Gasteiger partial charge on any atom is -0.166 e. The number of rotatable bonds is 5. The first kappa shape index (κ1) is 16.8. The van der Waals surface area contributed by atoms with Crippen LogP contribution in [0, 0.1) is 0 Å². The SMILES string of the molecule is C=C/C=C(\C=C/CC)C(S)c1ccccc1.CC. The van der Waals surface area contributed by atoms with Crippen molar-refractivity contribution in [3.63, 3.8) is 0 Å². The second kappa shape index (κ2) is 10.9. The molecule has 0 heterocycles. The van der Waals surface area contributed by atoms with Crippen LogP contribution in [0.1, 0.15) is 38.0 Å². The molecule has 1 heteroatoms. The summed E-state index contributed by atoms with van der Waals surface area (Å²) in [6.45, 7) is 9.86. The van der Waals surface area contributed by atoms with E-state index in [4.69, 9.17) is 0 Å². The standard InChI is InChI=1S/C15H18S.C2H6/c1-3-5-10-13(9-4-2)15(16)14-11-7-6-8-12-14;1-2/h4-12,15-16H,2-3H2,1H3;1-2H3/b10-5-,13-9+;. The summed E-state index contributed by atoms with van der Waals surface area (Å²) in [7, 11) is 0. The van der Waals surface area contributed by atoms with Gasteiger partial charge in [0.1, 0.15) is 0 Å². The monoisotopic (exact) mass is 260 g/mol. The van der Waals surface area contributed by atoms with Crippen molar-refractivity contribution in [1.82, 2.24) is 0 Å². The number of thiol groups is 1. The first-order chi connectivity index (χ1) is 8.79. The van der Waals surface area contributed by atoms with Crippen LogP contribution in [0.15, 0.2) is 66.8 Å². The van der Waals surface area contributed by atoms with Crippen LogP contribution >= 0.6 is 12.6 Å². The van der Waals surface area contributed by atoms with E-state index in [1.807, 2.05) is 44.2 Å². The van der Waals surface area contributed by atoms with Gasteiger partial charge in [-0.2, -0.15) is 12.6 Å². The zero-order chi connectivity index (χ0) is 13.8. The molecule has 1 rings (SSSR count). The Hall–Kier alpha value is -1.21. The van der Waals surface area contributed by atoms with Crippen molar-refractivity contribution >= 4 is 12.6 Å². The van der Waals surface area contributed by atoms with Gasteiger partial charge in [-0.15, -0.1) is 0 Å². The van der Waals surface area contributed by atoms with E-state index >= 15 is 0 Å². The molecular formula is C17H24S. The molecule has 0 aliphatic carbocycles. The lowest BCUT2D eigenvalue weighted by atomic mass is 10.0. The summed E-state index contributed by atoms with van der Waals surface area (Å²) in [4.78, 5) is 0. The van der Waals surface area contributed by atoms with Gasteiger partial charge in [0.05, 0.1) is 5.25 Å². The highest BCUT2D eigenvalue weighted by atomic mass is 32.1. The highest BCUT2D eigenvalue weighted by molar-refractivity contribution is 7.80. The Kier molecular flexibility index (Phi) is 10.2. The van der Waals surface area contributed by atoms with Gasteiger partial charge >= 0.3 is 0 Å². The normalized spacial score (nSPS) is 12.8. The second-order valence-corrected chi connectivity index (χ2v) is 4.04. The van der Waals surface area contributed by atoms with Gasteiger partial charge in [0.15, 0.2) is 0 Å². The van der Waals surface area contributed by atoms with Crippen LogP contribution in [0.25, 0.3) is 0 Å². The zero-order valence-corrected chi connectivity index (χ0v) is 12.5. The summed E-state index contributed by atoms with van der Waals surface area (Å²) in [5, 5.41) is 0.113. The fourth-order valence-corrected chi connectivity index (χ4v) is 1.80. The lowest BCUT2D eigenvalue weighted by Gasteiger charge is -2.12. The van der Waals surface area contributed by atoms with Crippen LogP contribution in [0.5, 0.6) is 0 Å². The maximum Gasteiger partial charge on any atom is 0.0516 e. The first-order valence-electron chi connectivity index (χ1n) is 6.51. The summed E-state index contributed by atoms with van der Waals surface area (Å²) in [6.07, 6.45) is 9.11. The van der Waals surface area contributed by atoms with Crippen molar-refractivity contribution in [2.24, 2.45) is 0 Å². The molecule has 0 spiro atoms. The van der Waals surface area contributed by atoms with Gasteiger partial charge in [-0.05, 0) is 17.6 Å². The van der Waals surface area contributed by atoms with Gasteiger partial charge < -0.3 is 0 Å². The fourth-order valence-electron chi connectivity index (χ4n) is 1.46. The third-order valence-corrected chi connectivity index (χ3v) is 2.88. The Bertz CT molecular complexity index is 374. The molecule has 18 heavy (non-hydrogen) atoms. The van der Waals surface area contributed by atoms with Crippen LogP contribution in [0.4, 0.5) is 0 Å². The molecule has 0 fully saturated rings. The van der Waals surface area contributed by atoms with E-state index in [1.165, 1.54) is 11.1 Å². The highest BCUT2D eigenvalue weighted by Crippen LogP contribution is 2.28. The fraction of sp³-hybridized carbons (Fsp3) is 0.294. The quantitative estimate of drug-likeness (QED) is 0.505. The summed E-state index contributed by atoms with van der Waals surface area (Å²) < 4.78 is 0. The van der Waals surface area contributed by atoms with E-state index in [1.54, 1.807) is 0 Å². The molecule has 1 atom stereocenters. The molecule has 0 aliphatic heterocycles. The first-order valence-corrected chi connectivity index (χ1v) is 7.03. The molecule has 0 amide bonds. The maximum absolute atomic E-state index is 4.65. The van der Waals surface area contributed by atoms with E-state index in [0.717, 1.165) is 6.42 Å². The molecule has 0 aromatic heterocycles. The largest absolute Gasteiger partial charge is 0.166 e. The Balaban J connectivity index is 0.00000137. The van der Waals surface area contributed by atoms with Crippen molar-refractivity contribution in [3.05, 3.63) is 72.4 Å². The molecule has 1 unspecified atom stereocenters. The van der Waals surface area contributed by atoms with Gasteiger partial charge in [-0.1, -0.05) is 82.0 Å². The van der Waals surface area contributed by atoms with Crippen molar-refractivity contribution in [1.29, 1.82) is 0 Å². The number of benzene rings is 1. The predicted molar refractivity (Wildman–Crippen MR) is 87.2 cm³/mol. The molecule has 1 aromatic rings. The van der Waals surface area contributed by atoms with Gasteiger partial charge in [0, 0.05) is 0 Å². The summed E-state index contributed by atoms with van der Waals surface area (Å²) >= 11 is 4.65. The average molecular weight is 260 g/mol. The smallest absolute Gasteiger partial charge is 0.0516 e. The van der Waals surface area contributed by atoms with Crippen molar-refractivity contribution in [3.8, 4) is 0 Å². The van der Waals surface area contributed by atoms with Gasteiger partial charge in [-0.25, -0.2) is 0 Å². The molecule has 0 saturated carbocycles. The maximum atomic E-state index is 4.65. The van der Waals surface area contributed by atoms with E-state index in [0.29, 0.717) is 0 Å². The number of allylic oxidation sites excluding steroid dienone is 4. The molecule has 0 bridgehead atoms. The van der Waals surface area contributed by atoms with E-state index < -0.39 is 0 Å². The third-order valence-electron chi connectivity index (χ3n) is 2.29. The van der Waals surface area contributed by atoms with Gasteiger partial charge in [0.25, 0.3) is 0 Å². The Morgan fingerprint density at radius 3 is 2.39 bits per heavy atom. The molecule has 98 valence electrons. The Morgan fingerprint density at radius 2 is 1.89 bits per heavy atom. The number of hydrogen-bond acceptors (Lipinski definition) is 1. The van der Waals surface area contributed by atoms with Crippen LogP contribution in [-0.2, 0) is 0 Å². The van der Waals surface area contributed by atoms with E-state index in [-0.39, 0.29) is 5.25 Å². The Labute approximate surface area is 118 Å². The van der Waals surface area contributed by atoms with E-state index in [9.17, 15) is 0 Å². The second-order valence-electron chi connectivity index (χ2n) is 3.53. The summed E-state index contributed by atoms with van der Waals surface area (Å²) in [6, 6.07) is 10.3. The minimum atomic E-state index is 0.113. The topological polar surface area (TPSA) is 0 Å². The lowest BCUT2D eigenvalue weighted by molar-refractivity contribution is 1.15. The zero-order valence-electron chi connectivity index (χ0n) is 11.6. The van der Waals surface area contributed by atoms with Gasteiger partial charge in [-0.3, -0.25) is 0 Å². The van der Waals surface area contributed by atoms with Crippen molar-refractivity contribution in [2.75, 3.05) is 0 Å². The molecule has 0 radical (unpaired) electrons. The average Bonchev–Trinajstić information content (AvgIpc) is 2.46. The molecular weight excluding hydrogens is 236 g/mol. The molecule has 0 N–H and O–H groups in total. The third kappa shape index (κ3) is 5.92. The Morgan fingerprint density at radius 1 is 1.28 bits per heavy atom. The minimum absolute atomic E-state index is 0.113. The van der Waals surface area contributed by atoms with Crippen LogP contribution < -0.4 is 0 Å². The van der Waals surface area contributed by atoms with Crippen molar-refractivity contribution < 1.29 is 0 Å². The van der Waals surface area contributed by atoms with Crippen molar-refractivity contribution in [2.45, 2.75) is 32.4 Å². The van der Waals surface area contributed by atoms with Crippen LogP contribution in [0.2, 0.25) is 0 Å². The number of hydrogen-bond donors (Lipinski definition) is 1. The van der Waals surface area contributed by atoms with Crippen LogP contribution in [0.3, 0.4) is 0 Å². The van der Waals surface area contributed by atoms with Gasteiger partial charge in [0.2, 0.25) is 0 Å². The summed E-state index contributed by atoms with van der Waals surface area (Å²) in [5.74, 6) is 0. The summed E-state index contributed by atoms with van der Waals surface area (Å²) in [5.41, 5.74) is 2.38. The lowest BCUT2D eigenvalue weighted by Crippen LogP contribution is -1.92. The molecule has 1 aromatic carbocycles. The molecule has 0 nitrogen and oxygen atoms in total. The predicted octanol–water partition coefficient (Wildman–Crippen LogP) is 5.76. The van der Waals surface area contributed by atoms with Crippen LogP contribution in [-0.4, -0.2) is 0 Å². The highest BCUT2D eigenvalue weighted by Gasteiger charge is 2.08. The molecule has 0 saturated heterocycles.